The van der Waals surface area contributed by atoms with Crippen LogP contribution >= 0.6 is 0 Å². The fourth-order valence-electron chi connectivity index (χ4n) is 3.34. The second-order valence-corrected chi connectivity index (χ2v) is 6.12. The van der Waals surface area contributed by atoms with Gasteiger partial charge in [0.25, 0.3) is 0 Å². The number of nitrogens with zero attached hydrogens (tertiary/aromatic N) is 2. The molecular weight excluding hydrogens is 290 g/mol. The number of aliphatic carboxylic acids is 1. The van der Waals surface area contributed by atoms with Crippen LogP contribution in [0.2, 0.25) is 0 Å². The van der Waals surface area contributed by atoms with Crippen LogP contribution in [0.4, 0.5) is 0 Å². The van der Waals surface area contributed by atoms with Gasteiger partial charge in [-0.1, -0.05) is 18.2 Å². The maximum atomic E-state index is 11.5. The second kappa shape index (κ2) is 6.96. The molecule has 0 bridgehead atoms. The van der Waals surface area contributed by atoms with Crippen LogP contribution in [0.25, 0.3) is 5.69 Å². The molecule has 0 radical (unpaired) electrons. The molecule has 2 N–H and O–H groups in total. The number of imidazole rings is 1. The Morgan fingerprint density at radius 3 is 3.00 bits per heavy atom. The van der Waals surface area contributed by atoms with E-state index < -0.39 is 5.97 Å². The minimum atomic E-state index is -0.723. The summed E-state index contributed by atoms with van der Waals surface area (Å²) in [7, 11) is 1.89. The summed E-state index contributed by atoms with van der Waals surface area (Å²) in [5.74, 6) is -1.08. The third-order valence-corrected chi connectivity index (χ3v) is 4.60. The van der Waals surface area contributed by atoms with Gasteiger partial charge in [0.1, 0.15) is 0 Å². The Morgan fingerprint density at radius 2 is 2.22 bits per heavy atom. The molecule has 0 aliphatic carbocycles. The van der Waals surface area contributed by atoms with Crippen molar-refractivity contribution in [2.75, 3.05) is 13.6 Å². The first kappa shape index (κ1) is 15.7. The van der Waals surface area contributed by atoms with Gasteiger partial charge in [-0.05, 0) is 50.9 Å². The molecule has 0 saturated carbocycles. The molecule has 1 aromatic heterocycles. The van der Waals surface area contributed by atoms with E-state index in [1.165, 1.54) is 16.9 Å². The van der Waals surface area contributed by atoms with Crippen molar-refractivity contribution in [2.45, 2.75) is 32.1 Å². The molecule has 1 atom stereocenters. The van der Waals surface area contributed by atoms with Gasteiger partial charge in [0, 0.05) is 17.8 Å². The highest BCUT2D eigenvalue weighted by molar-refractivity contribution is 5.70. The van der Waals surface area contributed by atoms with E-state index in [1.54, 1.807) is 0 Å². The van der Waals surface area contributed by atoms with Gasteiger partial charge >= 0.3 is 5.97 Å². The molecule has 2 heterocycles. The molecule has 23 heavy (non-hydrogen) atoms. The zero-order chi connectivity index (χ0) is 16.2. The van der Waals surface area contributed by atoms with Crippen molar-refractivity contribution in [1.29, 1.82) is 0 Å². The third-order valence-electron chi connectivity index (χ3n) is 4.60. The van der Waals surface area contributed by atoms with Gasteiger partial charge in [-0.3, -0.25) is 4.79 Å². The molecule has 1 aliphatic heterocycles. The smallest absolute Gasteiger partial charge is 0.306 e. The Labute approximate surface area is 136 Å². The Morgan fingerprint density at radius 1 is 1.39 bits per heavy atom. The van der Waals surface area contributed by atoms with Crippen molar-refractivity contribution in [3.8, 4) is 5.69 Å². The topological polar surface area (TPSA) is 67.2 Å². The predicted molar refractivity (Wildman–Crippen MR) is 89.0 cm³/mol. The molecular formula is C18H23N3O2. The van der Waals surface area contributed by atoms with E-state index in [2.05, 4.69) is 33.1 Å². The van der Waals surface area contributed by atoms with Crippen LogP contribution < -0.4 is 5.32 Å². The van der Waals surface area contributed by atoms with Crippen molar-refractivity contribution >= 4 is 5.97 Å². The number of carbonyl (C=O) groups is 1. The minimum absolute atomic E-state index is 0.361. The van der Waals surface area contributed by atoms with E-state index in [1.807, 2.05) is 19.4 Å². The summed E-state index contributed by atoms with van der Waals surface area (Å²) in [5.41, 5.74) is 4.61. The second-order valence-electron chi connectivity index (χ2n) is 6.12. The number of benzene rings is 1. The number of nitrogens with one attached hydrogen (secondary N) is 1. The van der Waals surface area contributed by atoms with Crippen LogP contribution in [-0.2, 0) is 24.1 Å². The summed E-state index contributed by atoms with van der Waals surface area (Å²) >= 11 is 0. The highest BCUT2D eigenvalue weighted by Crippen LogP contribution is 2.27. The summed E-state index contributed by atoms with van der Waals surface area (Å²) < 4.78 is 2.13. The van der Waals surface area contributed by atoms with Crippen molar-refractivity contribution < 1.29 is 9.90 Å². The fourth-order valence-corrected chi connectivity index (χ4v) is 3.34. The quantitative estimate of drug-likeness (QED) is 0.769. The molecule has 1 aliphatic rings. The highest BCUT2D eigenvalue weighted by atomic mass is 16.4. The Balaban J connectivity index is 1.80. The molecule has 2 aromatic rings. The van der Waals surface area contributed by atoms with Gasteiger partial charge in [-0.25, -0.2) is 4.98 Å². The summed E-state index contributed by atoms with van der Waals surface area (Å²) in [5, 5.41) is 12.5. The van der Waals surface area contributed by atoms with Crippen LogP contribution in [0.15, 0.2) is 30.6 Å². The Hall–Kier alpha value is -2.14. The van der Waals surface area contributed by atoms with Gasteiger partial charge in [0.2, 0.25) is 0 Å². The zero-order valence-corrected chi connectivity index (χ0v) is 13.5. The molecule has 5 nitrogen and oxygen atoms in total. The molecule has 0 saturated heterocycles. The maximum Gasteiger partial charge on any atom is 0.306 e. The SMILES string of the molecule is CNCCCC(Cc1ncn2c1CCc1ccccc1-2)C(=O)O. The molecule has 0 amide bonds. The number of hydrogen-bond acceptors (Lipinski definition) is 3. The number of carboxylic acid groups (broad SMARTS) is 1. The molecule has 5 heteroatoms. The summed E-state index contributed by atoms with van der Waals surface area (Å²) in [6.07, 6.45) is 5.83. The average Bonchev–Trinajstić information content (AvgIpc) is 2.97. The third kappa shape index (κ3) is 3.29. The van der Waals surface area contributed by atoms with E-state index in [-0.39, 0.29) is 5.92 Å². The molecule has 1 unspecified atom stereocenters. The first-order chi connectivity index (χ1) is 11.2. The number of fused-ring (bicyclic) bond motifs is 3. The van der Waals surface area contributed by atoms with E-state index >= 15 is 0 Å². The number of carboxylic acids is 1. The van der Waals surface area contributed by atoms with Crippen molar-refractivity contribution in [2.24, 2.45) is 5.92 Å². The maximum absolute atomic E-state index is 11.5. The van der Waals surface area contributed by atoms with Crippen LogP contribution in [0.1, 0.15) is 29.8 Å². The molecule has 3 rings (SSSR count). The van der Waals surface area contributed by atoms with Crippen molar-refractivity contribution in [1.82, 2.24) is 14.9 Å². The van der Waals surface area contributed by atoms with Crippen molar-refractivity contribution in [3.05, 3.63) is 47.5 Å². The van der Waals surface area contributed by atoms with E-state index in [0.717, 1.165) is 31.5 Å². The molecule has 0 spiro atoms. The first-order valence-electron chi connectivity index (χ1n) is 8.21. The van der Waals surface area contributed by atoms with Crippen LogP contribution in [-0.4, -0.2) is 34.2 Å². The van der Waals surface area contributed by atoms with Gasteiger partial charge in [0.05, 0.1) is 17.9 Å². The van der Waals surface area contributed by atoms with E-state index in [4.69, 9.17) is 0 Å². The number of hydrogen-bond donors (Lipinski definition) is 2. The van der Waals surface area contributed by atoms with Gasteiger partial charge in [-0.2, -0.15) is 0 Å². The lowest BCUT2D eigenvalue weighted by Gasteiger charge is -2.20. The zero-order valence-electron chi connectivity index (χ0n) is 13.5. The predicted octanol–water partition coefficient (Wildman–Crippen LogP) is 2.21. The minimum Gasteiger partial charge on any atom is -0.481 e. The van der Waals surface area contributed by atoms with Crippen LogP contribution in [0, 0.1) is 5.92 Å². The summed E-state index contributed by atoms with van der Waals surface area (Å²) in [6, 6.07) is 8.34. The monoisotopic (exact) mass is 313 g/mol. The first-order valence-corrected chi connectivity index (χ1v) is 8.21. The van der Waals surface area contributed by atoms with E-state index in [0.29, 0.717) is 12.8 Å². The normalized spacial score (nSPS) is 14.1. The average molecular weight is 313 g/mol. The van der Waals surface area contributed by atoms with E-state index in [9.17, 15) is 9.90 Å². The number of aryl methyl sites for hydroxylation is 1. The van der Waals surface area contributed by atoms with Crippen LogP contribution in [0.3, 0.4) is 0 Å². The lowest BCUT2D eigenvalue weighted by atomic mass is 9.94. The van der Waals surface area contributed by atoms with Gasteiger partial charge in [-0.15, -0.1) is 0 Å². The van der Waals surface area contributed by atoms with Gasteiger partial charge in [0.15, 0.2) is 0 Å². The number of rotatable bonds is 7. The highest BCUT2D eigenvalue weighted by Gasteiger charge is 2.24. The lowest BCUT2D eigenvalue weighted by molar-refractivity contribution is -0.142. The number of aromatic nitrogens is 2. The lowest BCUT2D eigenvalue weighted by Crippen LogP contribution is -2.20. The number of para-hydroxylation sites is 1. The molecule has 122 valence electrons. The largest absolute Gasteiger partial charge is 0.481 e. The van der Waals surface area contributed by atoms with Gasteiger partial charge < -0.3 is 15.0 Å². The molecule has 0 fully saturated rings. The summed E-state index contributed by atoms with van der Waals surface area (Å²) in [4.78, 5) is 16.1. The molecule has 1 aromatic carbocycles. The standard InChI is InChI=1S/C18H23N3O2/c1-19-10-4-6-14(18(22)23)11-15-17-9-8-13-5-2-3-7-16(13)21(17)12-20-15/h2-3,5,7,12,14,19H,4,6,8-11H2,1H3,(H,22,23). The Bertz CT molecular complexity index is 693. The van der Waals surface area contributed by atoms with Crippen LogP contribution in [0.5, 0.6) is 0 Å². The summed E-state index contributed by atoms with van der Waals surface area (Å²) in [6.45, 7) is 0.846. The van der Waals surface area contributed by atoms with Crippen molar-refractivity contribution in [3.63, 3.8) is 0 Å². The fraction of sp³-hybridized carbons (Fsp3) is 0.444. The Kier molecular flexibility index (Phi) is 4.76.